The molecule has 14 heteroatoms. The molecule has 0 amide bonds. The van der Waals surface area contributed by atoms with Crippen molar-refractivity contribution < 1.29 is 33.0 Å². The summed E-state index contributed by atoms with van der Waals surface area (Å²) >= 11 is 4.83. The largest absolute Gasteiger partial charge is 0.469 e. The van der Waals surface area contributed by atoms with Gasteiger partial charge in [0.2, 0.25) is 0 Å². The van der Waals surface area contributed by atoms with Crippen LogP contribution in [0.3, 0.4) is 0 Å². The van der Waals surface area contributed by atoms with Crippen LogP contribution < -0.4 is 11.2 Å². The van der Waals surface area contributed by atoms with Gasteiger partial charge >= 0.3 is 13.5 Å². The van der Waals surface area contributed by atoms with Crippen LogP contribution in [0.5, 0.6) is 0 Å². The van der Waals surface area contributed by atoms with E-state index in [1.54, 1.807) is 0 Å². The van der Waals surface area contributed by atoms with Gasteiger partial charge in [-0.15, -0.1) is 0 Å². The Kier molecular flexibility index (Phi) is 6.20. The molecule has 4 N–H and O–H groups in total. The van der Waals surface area contributed by atoms with Gasteiger partial charge in [-0.2, -0.15) is 0 Å². The first kappa shape index (κ1) is 20.6. The molecule has 2 rings (SSSR count). The molecular formula is C11H18N2O9P2S. The molecule has 1 fully saturated rings. The van der Waals surface area contributed by atoms with E-state index in [1.165, 1.54) is 19.8 Å². The van der Waals surface area contributed by atoms with Gasteiger partial charge in [-0.05, 0) is 18.7 Å². The summed E-state index contributed by atoms with van der Waals surface area (Å²) in [6.45, 7) is -0.817. The summed E-state index contributed by atoms with van der Waals surface area (Å²) in [5.74, 6) is 0. The summed E-state index contributed by atoms with van der Waals surface area (Å²) in [6.07, 6.45) is -1.36. The Morgan fingerprint density at radius 1 is 1.44 bits per heavy atom. The average Bonchev–Trinajstić information content (AvgIpc) is 2.80. The van der Waals surface area contributed by atoms with E-state index in [2.05, 4.69) is 9.51 Å². The summed E-state index contributed by atoms with van der Waals surface area (Å²) in [4.78, 5) is 53.0. The topological polar surface area (TPSA) is 160 Å². The van der Waals surface area contributed by atoms with Crippen LogP contribution in [0.15, 0.2) is 15.8 Å². The maximum atomic E-state index is 12.0. The Morgan fingerprint density at radius 3 is 2.64 bits per heavy atom. The number of phosphoric acid groups is 1. The molecule has 1 aliphatic heterocycles. The lowest BCUT2D eigenvalue weighted by atomic mass is 10.2. The number of hydrogen-bond donors (Lipinski definition) is 4. The van der Waals surface area contributed by atoms with Gasteiger partial charge in [0, 0.05) is 24.8 Å². The fraction of sp³-hybridized carbons (Fsp3) is 0.636. The number of rotatable bonds is 6. The predicted octanol–water partition coefficient (Wildman–Crippen LogP) is -0.441. The maximum Gasteiger partial charge on any atom is 0.469 e. The van der Waals surface area contributed by atoms with E-state index in [9.17, 15) is 19.0 Å². The standard InChI is InChI=1S/C11H18N2O9P2S/c1-6-4-13(11(15)12-10(6)14)9-3-7(22-23(2,16)25)8(21-9)5-20-24(17,18)19/h4,7-9H,3,5H2,1-2H3,(H,16,25)(H,12,14,15)(H2,17,18,19)/t7-,8+,9+,23?/m0/s1. The number of aromatic amines is 1. The fourth-order valence-electron chi connectivity index (χ4n) is 2.35. The molecule has 2 heterocycles. The number of aromatic nitrogens is 2. The van der Waals surface area contributed by atoms with Gasteiger partial charge in [0.1, 0.15) is 12.3 Å². The van der Waals surface area contributed by atoms with Crippen LogP contribution in [0.2, 0.25) is 0 Å². The third-order valence-corrected chi connectivity index (χ3v) is 4.78. The Morgan fingerprint density at radius 2 is 2.08 bits per heavy atom. The van der Waals surface area contributed by atoms with Crippen molar-refractivity contribution in [3.8, 4) is 0 Å². The van der Waals surface area contributed by atoms with Crippen LogP contribution in [0.4, 0.5) is 0 Å². The highest BCUT2D eigenvalue weighted by Gasteiger charge is 2.40. The second-order valence-electron chi connectivity index (χ2n) is 5.58. The second-order valence-corrected chi connectivity index (χ2v) is 10.7. The van der Waals surface area contributed by atoms with E-state index in [4.69, 9.17) is 30.9 Å². The van der Waals surface area contributed by atoms with Crippen molar-refractivity contribution in [1.29, 1.82) is 0 Å². The predicted molar refractivity (Wildman–Crippen MR) is 89.9 cm³/mol. The van der Waals surface area contributed by atoms with E-state index in [-0.39, 0.29) is 12.0 Å². The molecular weight excluding hydrogens is 398 g/mol. The molecule has 4 atom stereocenters. The van der Waals surface area contributed by atoms with Crippen LogP contribution in [-0.2, 0) is 30.2 Å². The summed E-state index contributed by atoms with van der Waals surface area (Å²) < 4.78 is 27.4. The zero-order valence-electron chi connectivity index (χ0n) is 13.3. The van der Waals surface area contributed by atoms with E-state index in [0.717, 1.165) is 4.57 Å². The first-order valence-corrected chi connectivity index (χ1v) is 11.7. The first-order valence-electron chi connectivity index (χ1n) is 7.02. The van der Waals surface area contributed by atoms with Crippen molar-refractivity contribution in [1.82, 2.24) is 9.55 Å². The van der Waals surface area contributed by atoms with Crippen LogP contribution in [0.25, 0.3) is 0 Å². The molecule has 25 heavy (non-hydrogen) atoms. The van der Waals surface area contributed by atoms with Crippen molar-refractivity contribution in [2.24, 2.45) is 0 Å². The number of aryl methyl sites for hydroxylation is 1. The summed E-state index contributed by atoms with van der Waals surface area (Å²) in [5, 5.41) is 0. The van der Waals surface area contributed by atoms with Crippen molar-refractivity contribution in [2.75, 3.05) is 13.3 Å². The molecule has 1 aliphatic rings. The molecule has 0 spiro atoms. The zero-order chi connectivity index (χ0) is 19.0. The van der Waals surface area contributed by atoms with Crippen LogP contribution in [-0.4, -0.2) is 49.7 Å². The van der Waals surface area contributed by atoms with Gasteiger partial charge in [-0.1, -0.05) is 0 Å². The molecule has 1 aromatic rings. The number of nitrogens with one attached hydrogen (secondary N) is 1. The third-order valence-electron chi connectivity index (χ3n) is 3.37. The Bertz CT molecular complexity index is 841. The lowest BCUT2D eigenvalue weighted by molar-refractivity contribution is -0.0412. The Balaban J connectivity index is 2.26. The number of nitrogens with zero attached hydrogens (tertiary/aromatic N) is 1. The fourth-order valence-corrected chi connectivity index (χ4v) is 3.75. The van der Waals surface area contributed by atoms with Gasteiger partial charge in [-0.3, -0.25) is 18.9 Å². The van der Waals surface area contributed by atoms with Crippen molar-refractivity contribution in [2.45, 2.75) is 31.8 Å². The highest BCUT2D eigenvalue weighted by atomic mass is 32.5. The molecule has 142 valence electrons. The molecule has 0 aliphatic carbocycles. The van der Waals surface area contributed by atoms with Gasteiger partial charge in [0.25, 0.3) is 5.56 Å². The number of hydrogen-bond acceptors (Lipinski definition) is 7. The molecule has 0 radical (unpaired) electrons. The molecule has 1 saturated heterocycles. The summed E-state index contributed by atoms with van der Waals surface area (Å²) in [5.41, 5.74) is -0.970. The number of phosphoric ester groups is 1. The highest BCUT2D eigenvalue weighted by Crippen LogP contribution is 2.45. The third kappa shape index (κ3) is 5.92. The highest BCUT2D eigenvalue weighted by molar-refractivity contribution is 8.09. The van der Waals surface area contributed by atoms with Gasteiger partial charge in [0.05, 0.1) is 12.7 Å². The van der Waals surface area contributed by atoms with Crippen LogP contribution in [0.1, 0.15) is 18.2 Å². The SMILES string of the molecule is Cc1cn([C@H]2C[C@H](OP(C)(O)=S)[C@@H](COP(=O)(O)O)O2)c(=O)[nH]c1=O. The second kappa shape index (κ2) is 7.51. The minimum atomic E-state index is -4.74. The van der Waals surface area contributed by atoms with E-state index in [1.807, 2.05) is 0 Å². The zero-order valence-corrected chi connectivity index (χ0v) is 15.9. The van der Waals surface area contributed by atoms with E-state index < -0.39 is 50.6 Å². The van der Waals surface area contributed by atoms with Crippen molar-refractivity contribution in [3.05, 3.63) is 32.6 Å². The summed E-state index contributed by atoms with van der Waals surface area (Å²) in [7, 11) is -4.74. The Hall–Kier alpha value is -0.680. The van der Waals surface area contributed by atoms with Crippen molar-refractivity contribution in [3.63, 3.8) is 0 Å². The van der Waals surface area contributed by atoms with E-state index in [0.29, 0.717) is 0 Å². The lowest BCUT2D eigenvalue weighted by Gasteiger charge is -2.21. The summed E-state index contributed by atoms with van der Waals surface area (Å²) in [6, 6.07) is 0. The Labute approximate surface area is 147 Å². The molecule has 1 unspecified atom stereocenters. The quantitative estimate of drug-likeness (QED) is 0.448. The van der Waals surface area contributed by atoms with Gasteiger partial charge in [0.15, 0.2) is 6.49 Å². The minimum absolute atomic E-state index is 0.0629. The number of ether oxygens (including phenoxy) is 1. The van der Waals surface area contributed by atoms with Gasteiger partial charge in [-0.25, -0.2) is 9.36 Å². The number of H-pyrrole nitrogens is 1. The first-order chi connectivity index (χ1) is 11.4. The van der Waals surface area contributed by atoms with Crippen LogP contribution >= 0.6 is 14.3 Å². The van der Waals surface area contributed by atoms with Gasteiger partial charge < -0.3 is 23.9 Å². The van der Waals surface area contributed by atoms with E-state index >= 15 is 0 Å². The molecule has 0 saturated carbocycles. The van der Waals surface area contributed by atoms with Crippen LogP contribution in [0, 0.1) is 6.92 Å². The minimum Gasteiger partial charge on any atom is -0.349 e. The smallest absolute Gasteiger partial charge is 0.349 e. The average molecular weight is 416 g/mol. The molecule has 0 bridgehead atoms. The molecule has 1 aromatic heterocycles. The normalized spacial score (nSPS) is 26.5. The molecule has 0 aromatic carbocycles. The lowest BCUT2D eigenvalue weighted by Crippen LogP contribution is -2.33. The monoisotopic (exact) mass is 416 g/mol. The molecule has 11 nitrogen and oxygen atoms in total. The maximum absolute atomic E-state index is 12.0. The van der Waals surface area contributed by atoms with Crippen molar-refractivity contribution >= 4 is 26.1 Å².